The smallest absolute Gasteiger partial charge is 0.396 e. The van der Waals surface area contributed by atoms with Crippen molar-refractivity contribution in [3.63, 3.8) is 0 Å². The molecule has 0 atom stereocenters. The number of pyridine rings is 1. The fourth-order valence-electron chi connectivity index (χ4n) is 1.70. The SMILES string of the molecule is Cc1ccc(Nc2ncc(Br)cc2N)cc1C(F)(F)F. The fraction of sp³-hybridized carbons (Fsp3) is 0.154. The van der Waals surface area contributed by atoms with Crippen LogP contribution in [0.15, 0.2) is 34.9 Å². The maximum absolute atomic E-state index is 12.8. The van der Waals surface area contributed by atoms with E-state index in [2.05, 4.69) is 26.2 Å². The quantitative estimate of drug-likeness (QED) is 0.842. The molecule has 0 aliphatic rings. The van der Waals surface area contributed by atoms with Crippen molar-refractivity contribution in [1.82, 2.24) is 4.98 Å². The Morgan fingerprint density at radius 2 is 1.95 bits per heavy atom. The number of nitrogens with two attached hydrogens (primary N) is 1. The van der Waals surface area contributed by atoms with Crippen molar-refractivity contribution in [3.8, 4) is 0 Å². The number of nitrogens with one attached hydrogen (secondary N) is 1. The van der Waals surface area contributed by atoms with Crippen molar-refractivity contribution in [2.24, 2.45) is 0 Å². The first kappa shape index (κ1) is 14.6. The number of hydrogen-bond acceptors (Lipinski definition) is 3. The van der Waals surface area contributed by atoms with Crippen LogP contribution in [0.1, 0.15) is 11.1 Å². The Hall–Kier alpha value is -1.76. The van der Waals surface area contributed by atoms with E-state index in [-0.39, 0.29) is 11.3 Å². The highest BCUT2D eigenvalue weighted by Crippen LogP contribution is 2.34. The van der Waals surface area contributed by atoms with E-state index in [1.54, 1.807) is 12.1 Å². The molecule has 0 spiro atoms. The van der Waals surface area contributed by atoms with E-state index in [0.29, 0.717) is 16.0 Å². The molecule has 106 valence electrons. The second kappa shape index (κ2) is 5.32. The molecule has 1 aromatic heterocycles. The Morgan fingerprint density at radius 1 is 1.25 bits per heavy atom. The number of halogens is 4. The minimum atomic E-state index is -4.39. The number of alkyl halides is 3. The molecule has 20 heavy (non-hydrogen) atoms. The summed E-state index contributed by atoms with van der Waals surface area (Å²) in [4.78, 5) is 4.02. The molecule has 3 nitrogen and oxygen atoms in total. The Balaban J connectivity index is 2.35. The molecule has 2 rings (SSSR count). The Bertz CT molecular complexity index is 641. The number of benzene rings is 1. The van der Waals surface area contributed by atoms with Gasteiger partial charge in [0.25, 0.3) is 0 Å². The number of nitrogens with zero attached hydrogens (tertiary/aromatic N) is 1. The lowest BCUT2D eigenvalue weighted by Gasteiger charge is -2.13. The molecule has 0 fully saturated rings. The number of rotatable bonds is 2. The van der Waals surface area contributed by atoms with Gasteiger partial charge in [0.05, 0.1) is 11.3 Å². The summed E-state index contributed by atoms with van der Waals surface area (Å²) in [6.07, 6.45) is -2.88. The van der Waals surface area contributed by atoms with Crippen molar-refractivity contribution >= 4 is 33.1 Å². The molecule has 1 aromatic carbocycles. The van der Waals surface area contributed by atoms with E-state index in [0.717, 1.165) is 6.07 Å². The van der Waals surface area contributed by atoms with E-state index >= 15 is 0 Å². The number of hydrogen-bond donors (Lipinski definition) is 2. The molecule has 1 heterocycles. The lowest BCUT2D eigenvalue weighted by atomic mass is 10.1. The molecule has 0 aliphatic heterocycles. The summed E-state index contributed by atoms with van der Waals surface area (Å²) in [5.74, 6) is 0.310. The van der Waals surface area contributed by atoms with Gasteiger partial charge in [-0.2, -0.15) is 13.2 Å². The van der Waals surface area contributed by atoms with E-state index in [4.69, 9.17) is 5.73 Å². The summed E-state index contributed by atoms with van der Waals surface area (Å²) in [6, 6.07) is 5.61. The van der Waals surface area contributed by atoms with E-state index in [1.165, 1.54) is 19.2 Å². The molecular weight excluding hydrogens is 335 g/mol. The van der Waals surface area contributed by atoms with Gasteiger partial charge in [0.2, 0.25) is 0 Å². The largest absolute Gasteiger partial charge is 0.416 e. The van der Waals surface area contributed by atoms with Gasteiger partial charge in [-0.25, -0.2) is 4.98 Å². The van der Waals surface area contributed by atoms with Gasteiger partial charge in [-0.1, -0.05) is 6.07 Å². The number of nitrogen functional groups attached to an aromatic ring is 1. The third-order valence-electron chi connectivity index (χ3n) is 2.69. The van der Waals surface area contributed by atoms with Crippen LogP contribution in [0.3, 0.4) is 0 Å². The summed E-state index contributed by atoms with van der Waals surface area (Å²) in [7, 11) is 0. The highest BCUT2D eigenvalue weighted by molar-refractivity contribution is 9.10. The second-order valence-electron chi connectivity index (χ2n) is 4.24. The number of anilines is 3. The first-order chi connectivity index (χ1) is 9.27. The van der Waals surface area contributed by atoms with Crippen molar-refractivity contribution in [3.05, 3.63) is 46.1 Å². The molecule has 3 N–H and O–H groups in total. The minimum absolute atomic E-state index is 0.166. The van der Waals surface area contributed by atoms with Gasteiger partial charge in [0, 0.05) is 16.4 Å². The van der Waals surface area contributed by atoms with Gasteiger partial charge in [-0.3, -0.25) is 0 Å². The fourth-order valence-corrected chi connectivity index (χ4v) is 2.05. The van der Waals surface area contributed by atoms with Crippen molar-refractivity contribution in [2.75, 3.05) is 11.1 Å². The highest BCUT2D eigenvalue weighted by atomic mass is 79.9. The zero-order valence-corrected chi connectivity index (χ0v) is 12.0. The van der Waals surface area contributed by atoms with Crippen molar-refractivity contribution in [1.29, 1.82) is 0 Å². The lowest BCUT2D eigenvalue weighted by molar-refractivity contribution is -0.138. The van der Waals surface area contributed by atoms with Crippen molar-refractivity contribution < 1.29 is 13.2 Å². The number of aryl methyl sites for hydroxylation is 1. The van der Waals surface area contributed by atoms with E-state index < -0.39 is 11.7 Å². The van der Waals surface area contributed by atoms with Crippen LogP contribution in [-0.4, -0.2) is 4.98 Å². The molecule has 0 amide bonds. The molecular formula is C13H11BrF3N3. The van der Waals surface area contributed by atoms with Crippen LogP contribution in [-0.2, 0) is 6.18 Å². The Labute approximate surface area is 122 Å². The summed E-state index contributed by atoms with van der Waals surface area (Å²) in [5, 5.41) is 2.78. The van der Waals surface area contributed by atoms with Crippen LogP contribution >= 0.6 is 15.9 Å². The maximum Gasteiger partial charge on any atom is 0.416 e. The summed E-state index contributed by atoms with van der Waals surface area (Å²) in [6.45, 7) is 1.42. The molecule has 0 radical (unpaired) electrons. The second-order valence-corrected chi connectivity index (χ2v) is 5.16. The van der Waals surface area contributed by atoms with E-state index in [9.17, 15) is 13.2 Å². The predicted molar refractivity (Wildman–Crippen MR) is 75.8 cm³/mol. The summed E-state index contributed by atoms with van der Waals surface area (Å²) < 4.78 is 39.2. The normalized spacial score (nSPS) is 11.4. The zero-order valence-electron chi connectivity index (χ0n) is 10.4. The van der Waals surface area contributed by atoms with Crippen LogP contribution in [0, 0.1) is 6.92 Å². The average Bonchev–Trinajstić information content (AvgIpc) is 2.33. The van der Waals surface area contributed by atoms with Crippen molar-refractivity contribution in [2.45, 2.75) is 13.1 Å². The van der Waals surface area contributed by atoms with Gasteiger partial charge in [0.1, 0.15) is 0 Å². The monoisotopic (exact) mass is 345 g/mol. The van der Waals surface area contributed by atoms with Gasteiger partial charge in [-0.15, -0.1) is 0 Å². The zero-order chi connectivity index (χ0) is 14.9. The topological polar surface area (TPSA) is 50.9 Å². The van der Waals surface area contributed by atoms with Crippen LogP contribution in [0.4, 0.5) is 30.4 Å². The minimum Gasteiger partial charge on any atom is -0.396 e. The molecule has 2 aromatic rings. The van der Waals surface area contributed by atoms with Gasteiger partial charge in [-0.05, 0) is 46.6 Å². The van der Waals surface area contributed by atoms with Gasteiger partial charge < -0.3 is 11.1 Å². The van der Waals surface area contributed by atoms with E-state index in [1.807, 2.05) is 0 Å². The highest BCUT2D eigenvalue weighted by Gasteiger charge is 2.32. The first-order valence-electron chi connectivity index (χ1n) is 5.63. The van der Waals surface area contributed by atoms with Crippen LogP contribution < -0.4 is 11.1 Å². The third-order valence-corrected chi connectivity index (χ3v) is 3.12. The van der Waals surface area contributed by atoms with Gasteiger partial charge in [0.15, 0.2) is 5.82 Å². The van der Waals surface area contributed by atoms with Crippen LogP contribution in [0.5, 0.6) is 0 Å². The standard InChI is InChI=1S/C13H11BrF3N3/c1-7-2-3-9(5-10(7)13(15,16)17)20-12-11(18)4-8(14)6-19-12/h2-6H,18H2,1H3,(H,19,20). The number of aromatic nitrogens is 1. The summed E-state index contributed by atoms with van der Waals surface area (Å²) in [5.41, 5.74) is 5.85. The summed E-state index contributed by atoms with van der Waals surface area (Å²) >= 11 is 3.21. The Kier molecular flexibility index (Phi) is 3.89. The molecule has 7 heteroatoms. The van der Waals surface area contributed by atoms with Gasteiger partial charge >= 0.3 is 6.18 Å². The average molecular weight is 346 g/mol. The molecule has 0 saturated carbocycles. The third kappa shape index (κ3) is 3.22. The Morgan fingerprint density at radius 3 is 2.55 bits per heavy atom. The maximum atomic E-state index is 12.8. The molecule has 0 unspecified atom stereocenters. The van der Waals surface area contributed by atoms with Crippen LogP contribution in [0.2, 0.25) is 0 Å². The predicted octanol–water partition coefficient (Wildman–Crippen LogP) is 4.50. The first-order valence-corrected chi connectivity index (χ1v) is 6.42. The lowest BCUT2D eigenvalue weighted by Crippen LogP contribution is -2.08. The molecule has 0 bridgehead atoms. The molecule has 0 saturated heterocycles. The molecule has 0 aliphatic carbocycles. The van der Waals surface area contributed by atoms with Crippen LogP contribution in [0.25, 0.3) is 0 Å².